The Kier molecular flexibility index (Phi) is 4.18. The van der Waals surface area contributed by atoms with Crippen LogP contribution in [0, 0.1) is 3.57 Å². The number of nitrogens with zero attached hydrogens (tertiary/aromatic N) is 1. The highest BCUT2D eigenvalue weighted by Gasteiger charge is 2.20. The number of amides is 1. The Morgan fingerprint density at radius 1 is 1.25 bits per heavy atom. The van der Waals surface area contributed by atoms with Crippen LogP contribution >= 0.6 is 22.6 Å². The number of carbonyl (C=O) groups is 1. The van der Waals surface area contributed by atoms with Gasteiger partial charge < -0.3 is 4.74 Å². The summed E-state index contributed by atoms with van der Waals surface area (Å²) in [6.45, 7) is 5.56. The van der Waals surface area contributed by atoms with Crippen molar-refractivity contribution >= 4 is 34.4 Å². The molecule has 0 aromatic heterocycles. The van der Waals surface area contributed by atoms with E-state index >= 15 is 0 Å². The zero-order valence-corrected chi connectivity index (χ0v) is 12.1. The van der Waals surface area contributed by atoms with Gasteiger partial charge in [0, 0.05) is 16.3 Å². The number of rotatable bonds is 1. The fourth-order valence-corrected chi connectivity index (χ4v) is 1.46. The first-order valence-corrected chi connectivity index (χ1v) is 6.10. The third kappa shape index (κ3) is 4.00. The first kappa shape index (κ1) is 13.3. The lowest BCUT2D eigenvalue weighted by Gasteiger charge is -2.24. The van der Waals surface area contributed by atoms with E-state index in [1.54, 1.807) is 7.05 Å². The van der Waals surface area contributed by atoms with E-state index in [0.29, 0.717) is 0 Å². The molecular formula is C12H16INO2. The first-order chi connectivity index (χ1) is 7.29. The predicted molar refractivity (Wildman–Crippen MR) is 73.8 cm³/mol. The zero-order valence-electron chi connectivity index (χ0n) is 9.95. The fraction of sp³-hybridized carbons (Fsp3) is 0.417. The lowest BCUT2D eigenvalue weighted by molar-refractivity contribution is 0.0589. The molecule has 0 unspecified atom stereocenters. The second kappa shape index (κ2) is 5.03. The lowest BCUT2D eigenvalue weighted by Crippen LogP contribution is -2.34. The van der Waals surface area contributed by atoms with Crippen molar-refractivity contribution in [2.45, 2.75) is 26.4 Å². The molecule has 3 nitrogen and oxygen atoms in total. The van der Waals surface area contributed by atoms with E-state index < -0.39 is 5.60 Å². The number of anilines is 1. The second-order valence-corrected chi connectivity index (χ2v) is 5.76. The van der Waals surface area contributed by atoms with E-state index in [9.17, 15) is 4.79 Å². The minimum atomic E-state index is -0.464. The molecule has 1 aromatic rings. The summed E-state index contributed by atoms with van der Waals surface area (Å²) in [5, 5.41) is 0. The molecule has 88 valence electrons. The highest BCUT2D eigenvalue weighted by atomic mass is 127. The van der Waals surface area contributed by atoms with E-state index in [4.69, 9.17) is 4.74 Å². The van der Waals surface area contributed by atoms with Crippen LogP contribution in [0.5, 0.6) is 0 Å². The van der Waals surface area contributed by atoms with Crippen LogP contribution in [0.4, 0.5) is 10.5 Å². The summed E-state index contributed by atoms with van der Waals surface area (Å²) in [6, 6.07) is 7.70. The van der Waals surface area contributed by atoms with Crippen LogP contribution in [0.2, 0.25) is 0 Å². The van der Waals surface area contributed by atoms with Gasteiger partial charge in [-0.2, -0.15) is 0 Å². The molecule has 4 heteroatoms. The molecule has 0 saturated heterocycles. The normalized spacial score (nSPS) is 11.1. The Morgan fingerprint density at radius 2 is 1.75 bits per heavy atom. The molecule has 1 aromatic carbocycles. The summed E-state index contributed by atoms with van der Waals surface area (Å²) in [5.74, 6) is 0. The first-order valence-electron chi connectivity index (χ1n) is 5.02. The molecule has 1 rings (SSSR count). The quantitative estimate of drug-likeness (QED) is 0.734. The van der Waals surface area contributed by atoms with E-state index in [2.05, 4.69) is 22.6 Å². The Balaban J connectivity index is 2.74. The van der Waals surface area contributed by atoms with E-state index in [1.165, 1.54) is 4.90 Å². The Morgan fingerprint density at radius 3 is 2.19 bits per heavy atom. The Bertz CT molecular complexity index is 368. The maximum atomic E-state index is 11.7. The van der Waals surface area contributed by atoms with E-state index in [-0.39, 0.29) is 6.09 Å². The van der Waals surface area contributed by atoms with Crippen molar-refractivity contribution in [1.82, 2.24) is 0 Å². The van der Waals surface area contributed by atoms with Gasteiger partial charge in [0.1, 0.15) is 5.60 Å². The molecule has 0 bridgehead atoms. The molecule has 0 atom stereocenters. The Hall–Kier alpha value is -0.780. The largest absolute Gasteiger partial charge is 0.443 e. The molecule has 0 spiro atoms. The van der Waals surface area contributed by atoms with Crippen molar-refractivity contribution in [1.29, 1.82) is 0 Å². The van der Waals surface area contributed by atoms with Crippen LogP contribution in [0.1, 0.15) is 20.8 Å². The van der Waals surface area contributed by atoms with Gasteiger partial charge in [-0.05, 0) is 67.6 Å². The SMILES string of the molecule is CN(C(=O)OC(C)(C)C)c1ccc(I)cc1. The molecule has 0 saturated carbocycles. The third-order valence-electron chi connectivity index (χ3n) is 1.88. The number of halogens is 1. The summed E-state index contributed by atoms with van der Waals surface area (Å²) in [7, 11) is 1.70. The number of carbonyl (C=O) groups excluding carboxylic acids is 1. The van der Waals surface area contributed by atoms with Crippen molar-refractivity contribution in [3.63, 3.8) is 0 Å². The molecule has 1 amide bonds. The van der Waals surface area contributed by atoms with Crippen molar-refractivity contribution in [3.05, 3.63) is 27.8 Å². The fourth-order valence-electron chi connectivity index (χ4n) is 1.10. The summed E-state index contributed by atoms with van der Waals surface area (Å²) in [5.41, 5.74) is 0.365. The monoisotopic (exact) mass is 333 g/mol. The predicted octanol–water partition coefficient (Wildman–Crippen LogP) is 3.66. The molecule has 0 aliphatic heterocycles. The second-order valence-electron chi connectivity index (χ2n) is 4.52. The summed E-state index contributed by atoms with van der Waals surface area (Å²) in [4.78, 5) is 13.2. The number of ether oxygens (including phenoxy) is 1. The highest BCUT2D eigenvalue weighted by molar-refractivity contribution is 14.1. The van der Waals surface area contributed by atoms with Crippen LogP contribution in [0.3, 0.4) is 0 Å². The molecule has 0 radical (unpaired) electrons. The average Bonchev–Trinajstić information content (AvgIpc) is 2.15. The lowest BCUT2D eigenvalue weighted by atomic mass is 10.2. The standard InChI is InChI=1S/C12H16INO2/c1-12(2,3)16-11(15)14(4)10-7-5-9(13)6-8-10/h5-8H,1-4H3. The van der Waals surface area contributed by atoms with Crippen molar-refractivity contribution < 1.29 is 9.53 Å². The van der Waals surface area contributed by atoms with Gasteiger partial charge in [-0.3, -0.25) is 4.90 Å². The van der Waals surface area contributed by atoms with Gasteiger partial charge in [0.05, 0.1) is 0 Å². The van der Waals surface area contributed by atoms with Crippen LogP contribution in [0.15, 0.2) is 24.3 Å². The summed E-state index contributed by atoms with van der Waals surface area (Å²) < 4.78 is 6.41. The van der Waals surface area contributed by atoms with Gasteiger partial charge in [-0.15, -0.1) is 0 Å². The molecule has 0 N–H and O–H groups in total. The van der Waals surface area contributed by atoms with Crippen LogP contribution < -0.4 is 4.90 Å². The van der Waals surface area contributed by atoms with Crippen LogP contribution in [0.25, 0.3) is 0 Å². The van der Waals surface area contributed by atoms with Gasteiger partial charge in [0.2, 0.25) is 0 Å². The molecule has 0 heterocycles. The maximum absolute atomic E-state index is 11.7. The van der Waals surface area contributed by atoms with E-state index in [1.807, 2.05) is 45.0 Å². The van der Waals surface area contributed by atoms with Gasteiger partial charge in [-0.1, -0.05) is 0 Å². The molecule has 0 aliphatic carbocycles. The summed E-state index contributed by atoms with van der Waals surface area (Å²) >= 11 is 2.22. The highest BCUT2D eigenvalue weighted by Crippen LogP contribution is 2.17. The zero-order chi connectivity index (χ0) is 12.3. The van der Waals surface area contributed by atoms with Gasteiger partial charge in [0.15, 0.2) is 0 Å². The number of hydrogen-bond donors (Lipinski definition) is 0. The van der Waals surface area contributed by atoms with Crippen molar-refractivity contribution in [2.75, 3.05) is 11.9 Å². The van der Waals surface area contributed by atoms with E-state index in [0.717, 1.165) is 9.26 Å². The molecule has 16 heavy (non-hydrogen) atoms. The topological polar surface area (TPSA) is 29.5 Å². The molecular weight excluding hydrogens is 317 g/mol. The average molecular weight is 333 g/mol. The number of hydrogen-bond acceptors (Lipinski definition) is 2. The number of benzene rings is 1. The van der Waals surface area contributed by atoms with Crippen LogP contribution in [-0.2, 0) is 4.74 Å². The minimum absolute atomic E-state index is 0.339. The summed E-state index contributed by atoms with van der Waals surface area (Å²) in [6.07, 6.45) is -0.339. The minimum Gasteiger partial charge on any atom is -0.443 e. The third-order valence-corrected chi connectivity index (χ3v) is 2.60. The van der Waals surface area contributed by atoms with Gasteiger partial charge in [-0.25, -0.2) is 4.79 Å². The maximum Gasteiger partial charge on any atom is 0.414 e. The van der Waals surface area contributed by atoms with Crippen molar-refractivity contribution in [3.8, 4) is 0 Å². The Labute approximate surface area is 110 Å². The van der Waals surface area contributed by atoms with Gasteiger partial charge in [0.25, 0.3) is 0 Å². The van der Waals surface area contributed by atoms with Crippen molar-refractivity contribution in [2.24, 2.45) is 0 Å². The molecule has 0 fully saturated rings. The van der Waals surface area contributed by atoms with Crippen LogP contribution in [-0.4, -0.2) is 18.7 Å². The molecule has 0 aliphatic rings. The van der Waals surface area contributed by atoms with Gasteiger partial charge >= 0.3 is 6.09 Å². The smallest absolute Gasteiger partial charge is 0.414 e.